The number of rotatable bonds is 1. The molecule has 0 aromatic carbocycles. The van der Waals surface area contributed by atoms with Crippen molar-refractivity contribution in [3.8, 4) is 0 Å². The Kier molecular flexibility index (Phi) is 3.06. The highest BCUT2D eigenvalue weighted by Crippen LogP contribution is 2.29. The van der Waals surface area contributed by atoms with Gasteiger partial charge in [0.15, 0.2) is 0 Å². The van der Waals surface area contributed by atoms with E-state index in [9.17, 15) is 4.79 Å². The first-order valence-corrected chi connectivity index (χ1v) is 7.36. The third kappa shape index (κ3) is 2.15. The lowest BCUT2D eigenvalue weighted by molar-refractivity contribution is 0.0720. The molecule has 19 heavy (non-hydrogen) atoms. The van der Waals surface area contributed by atoms with Gasteiger partial charge < -0.3 is 10.6 Å². The highest BCUT2D eigenvalue weighted by Gasteiger charge is 2.24. The third-order valence-electron chi connectivity index (χ3n) is 3.73. The number of nitrogens with two attached hydrogens (primary N) is 1. The number of hydrogen-bond acceptors (Lipinski definition) is 4. The van der Waals surface area contributed by atoms with Crippen LogP contribution in [0.5, 0.6) is 0 Å². The molecule has 1 aliphatic heterocycles. The van der Waals surface area contributed by atoms with Crippen LogP contribution in [0.25, 0.3) is 10.2 Å². The monoisotopic (exact) mass is 278 g/mol. The molecule has 0 saturated carbocycles. The number of aryl methyl sites for hydroxylation is 2. The summed E-state index contributed by atoms with van der Waals surface area (Å²) >= 11 is 1.53. The van der Waals surface area contributed by atoms with Gasteiger partial charge in [0.2, 0.25) is 0 Å². The van der Waals surface area contributed by atoms with Crippen molar-refractivity contribution >= 4 is 27.5 Å². The number of thiophene rings is 1. The van der Waals surface area contributed by atoms with Crippen molar-refractivity contribution in [1.29, 1.82) is 0 Å². The molecule has 2 aromatic rings. The van der Waals surface area contributed by atoms with Crippen molar-refractivity contribution < 1.29 is 4.79 Å². The van der Waals surface area contributed by atoms with E-state index in [4.69, 9.17) is 5.73 Å². The lowest BCUT2D eigenvalue weighted by atomic mass is 10.1. The Morgan fingerprint density at radius 2 is 2.16 bits per heavy atom. The summed E-state index contributed by atoms with van der Waals surface area (Å²) in [6.45, 7) is 3.51. The van der Waals surface area contributed by atoms with Crippen molar-refractivity contribution in [2.75, 3.05) is 13.1 Å². The molecular weight excluding hydrogens is 260 g/mol. The van der Waals surface area contributed by atoms with Crippen molar-refractivity contribution in [3.05, 3.63) is 16.6 Å². The molecule has 3 heterocycles. The van der Waals surface area contributed by atoms with Crippen molar-refractivity contribution in [2.45, 2.75) is 25.8 Å². The summed E-state index contributed by atoms with van der Waals surface area (Å²) in [6, 6.07) is 2.22. The Labute approximate surface area is 116 Å². The molecule has 5 nitrogen and oxygen atoms in total. The first kappa shape index (κ1) is 12.6. The van der Waals surface area contributed by atoms with Gasteiger partial charge in [0.1, 0.15) is 4.83 Å². The van der Waals surface area contributed by atoms with Gasteiger partial charge >= 0.3 is 0 Å². The number of likely N-dealkylation sites (tertiary alicyclic amines) is 1. The zero-order valence-electron chi connectivity index (χ0n) is 11.2. The number of hydrogen-bond donors (Lipinski definition) is 1. The van der Waals surface area contributed by atoms with Crippen molar-refractivity contribution in [3.63, 3.8) is 0 Å². The van der Waals surface area contributed by atoms with Crippen LogP contribution in [0.4, 0.5) is 0 Å². The lowest BCUT2D eigenvalue weighted by Gasteiger charge is -2.29. The zero-order valence-corrected chi connectivity index (χ0v) is 12.0. The number of aromatic nitrogens is 2. The second kappa shape index (κ2) is 4.61. The molecule has 0 aliphatic carbocycles. The number of amides is 1. The lowest BCUT2D eigenvalue weighted by Crippen LogP contribution is -2.42. The summed E-state index contributed by atoms with van der Waals surface area (Å²) < 4.78 is 1.85. The normalized spacial score (nSPS) is 17.3. The molecule has 0 spiro atoms. The average molecular weight is 278 g/mol. The Morgan fingerprint density at radius 1 is 1.47 bits per heavy atom. The second-order valence-corrected chi connectivity index (χ2v) is 6.20. The van der Waals surface area contributed by atoms with Gasteiger partial charge in [-0.05, 0) is 25.8 Å². The molecule has 3 rings (SSSR count). The molecule has 1 amide bonds. The van der Waals surface area contributed by atoms with E-state index >= 15 is 0 Å². The van der Waals surface area contributed by atoms with Gasteiger partial charge in [-0.25, -0.2) is 0 Å². The topological polar surface area (TPSA) is 64.2 Å². The molecule has 102 valence electrons. The first-order valence-electron chi connectivity index (χ1n) is 6.54. The van der Waals surface area contributed by atoms with E-state index in [1.165, 1.54) is 11.3 Å². The molecular formula is C13H18N4OS. The quantitative estimate of drug-likeness (QED) is 0.860. The fourth-order valence-electron chi connectivity index (χ4n) is 2.57. The fraction of sp³-hybridized carbons (Fsp3) is 0.538. The van der Waals surface area contributed by atoms with Crippen LogP contribution < -0.4 is 5.73 Å². The van der Waals surface area contributed by atoms with Crippen LogP contribution >= 0.6 is 11.3 Å². The molecule has 1 fully saturated rings. The highest BCUT2D eigenvalue weighted by molar-refractivity contribution is 7.20. The number of carbonyl (C=O) groups is 1. The summed E-state index contributed by atoms with van der Waals surface area (Å²) in [5.41, 5.74) is 6.85. The average Bonchev–Trinajstić information content (AvgIpc) is 2.93. The molecule has 0 atom stereocenters. The standard InChI is InChI=1S/C13H18N4OS/c1-8-10-7-11(19-13(10)16(2)15-8)12(18)17-5-3-9(14)4-6-17/h7,9H,3-6,14H2,1-2H3. The minimum Gasteiger partial charge on any atom is -0.338 e. The number of piperidine rings is 1. The van der Waals surface area contributed by atoms with Gasteiger partial charge in [-0.1, -0.05) is 0 Å². The van der Waals surface area contributed by atoms with Crippen LogP contribution in [0.1, 0.15) is 28.2 Å². The summed E-state index contributed by atoms with van der Waals surface area (Å²) in [5.74, 6) is 0.132. The maximum atomic E-state index is 12.5. The van der Waals surface area contributed by atoms with Gasteiger partial charge in [0.25, 0.3) is 5.91 Å². The Hall–Kier alpha value is -1.40. The van der Waals surface area contributed by atoms with Gasteiger partial charge in [-0.15, -0.1) is 11.3 Å². The molecule has 1 aliphatic rings. The highest BCUT2D eigenvalue weighted by atomic mass is 32.1. The maximum Gasteiger partial charge on any atom is 0.264 e. The largest absolute Gasteiger partial charge is 0.338 e. The summed E-state index contributed by atoms with van der Waals surface area (Å²) in [7, 11) is 1.92. The zero-order chi connectivity index (χ0) is 13.6. The van der Waals surface area contributed by atoms with Crippen LogP contribution in [-0.2, 0) is 7.05 Å². The predicted octanol–water partition coefficient (Wildman–Crippen LogP) is 1.51. The van der Waals surface area contributed by atoms with Crippen molar-refractivity contribution in [1.82, 2.24) is 14.7 Å². The Morgan fingerprint density at radius 3 is 2.79 bits per heavy atom. The number of nitrogens with zero attached hydrogens (tertiary/aromatic N) is 3. The van der Waals surface area contributed by atoms with Gasteiger partial charge in [0.05, 0.1) is 10.6 Å². The first-order chi connectivity index (χ1) is 9.06. The Balaban J connectivity index is 1.87. The molecule has 0 radical (unpaired) electrons. The van der Waals surface area contributed by atoms with E-state index in [2.05, 4.69) is 5.10 Å². The predicted molar refractivity (Wildman–Crippen MR) is 76.4 cm³/mol. The number of carbonyl (C=O) groups excluding carboxylic acids is 1. The van der Waals surface area contributed by atoms with Crippen LogP contribution in [0.2, 0.25) is 0 Å². The smallest absolute Gasteiger partial charge is 0.264 e. The van der Waals surface area contributed by atoms with Crippen LogP contribution in [-0.4, -0.2) is 39.7 Å². The molecule has 0 unspecified atom stereocenters. The van der Waals surface area contributed by atoms with E-state index in [-0.39, 0.29) is 11.9 Å². The maximum absolute atomic E-state index is 12.5. The van der Waals surface area contributed by atoms with Gasteiger partial charge in [-0.2, -0.15) is 5.10 Å². The fourth-order valence-corrected chi connectivity index (χ4v) is 3.66. The summed E-state index contributed by atoms with van der Waals surface area (Å²) in [5, 5.41) is 5.45. The molecule has 2 N–H and O–H groups in total. The Bertz CT molecular complexity index is 587. The number of fused-ring (bicyclic) bond motifs is 1. The van der Waals surface area contributed by atoms with Crippen LogP contribution in [0, 0.1) is 6.92 Å². The van der Waals surface area contributed by atoms with Crippen molar-refractivity contribution in [2.24, 2.45) is 12.8 Å². The molecule has 6 heteroatoms. The van der Waals surface area contributed by atoms with E-state index in [0.717, 1.165) is 46.7 Å². The van der Waals surface area contributed by atoms with E-state index in [1.807, 2.05) is 29.6 Å². The SMILES string of the molecule is Cc1nn(C)c2sc(C(=O)N3CCC(N)CC3)cc12. The van der Waals surface area contributed by atoms with Gasteiger partial charge in [0, 0.05) is 31.6 Å². The molecule has 1 saturated heterocycles. The van der Waals surface area contributed by atoms with Crippen LogP contribution in [0.3, 0.4) is 0 Å². The van der Waals surface area contributed by atoms with Crippen LogP contribution in [0.15, 0.2) is 6.07 Å². The summed E-state index contributed by atoms with van der Waals surface area (Å²) in [4.78, 5) is 16.2. The third-order valence-corrected chi connectivity index (χ3v) is 4.92. The van der Waals surface area contributed by atoms with Gasteiger partial charge in [-0.3, -0.25) is 9.48 Å². The minimum absolute atomic E-state index is 0.132. The molecule has 0 bridgehead atoms. The minimum atomic E-state index is 0.132. The second-order valence-electron chi connectivity index (χ2n) is 5.17. The summed E-state index contributed by atoms with van der Waals surface area (Å²) in [6.07, 6.45) is 1.80. The molecule has 2 aromatic heterocycles. The van der Waals surface area contributed by atoms with E-state index in [0.29, 0.717) is 0 Å². The van der Waals surface area contributed by atoms with E-state index < -0.39 is 0 Å². The van der Waals surface area contributed by atoms with E-state index in [1.54, 1.807) is 0 Å².